The molecule has 2 aromatic heterocycles. The number of benzene rings is 1. The molecule has 0 saturated heterocycles. The van der Waals surface area contributed by atoms with Gasteiger partial charge in [0.05, 0.1) is 22.6 Å². The summed E-state index contributed by atoms with van der Waals surface area (Å²) in [5, 5.41) is 10.8. The summed E-state index contributed by atoms with van der Waals surface area (Å²) in [5.74, 6) is 1.44. The van der Waals surface area contributed by atoms with Crippen molar-refractivity contribution in [1.29, 1.82) is 0 Å². The third-order valence-electron chi connectivity index (χ3n) is 3.81. The summed E-state index contributed by atoms with van der Waals surface area (Å²) in [6.07, 6.45) is 0. The summed E-state index contributed by atoms with van der Waals surface area (Å²) in [6.45, 7) is 1.65. The van der Waals surface area contributed by atoms with Crippen molar-refractivity contribution < 1.29 is 4.79 Å². The van der Waals surface area contributed by atoms with Crippen LogP contribution in [0.2, 0.25) is 5.02 Å². The number of nitrogens with zero attached hydrogens (tertiary/aromatic N) is 5. The zero-order valence-corrected chi connectivity index (χ0v) is 13.6. The number of carbonyl (C=O) groups excluding carboxylic acids is 1. The van der Waals surface area contributed by atoms with Crippen molar-refractivity contribution in [2.45, 2.75) is 13.1 Å². The number of fused-ring (bicyclic) bond motifs is 1. The average Bonchev–Trinajstić information content (AvgIpc) is 3.23. The van der Waals surface area contributed by atoms with E-state index in [-0.39, 0.29) is 5.91 Å². The van der Waals surface area contributed by atoms with Crippen LogP contribution < -0.4 is 0 Å². The first-order chi connectivity index (χ1) is 11.2. The lowest BCUT2D eigenvalue weighted by atomic mass is 10.2. The van der Waals surface area contributed by atoms with Crippen LogP contribution in [0.15, 0.2) is 35.2 Å². The van der Waals surface area contributed by atoms with E-state index < -0.39 is 0 Å². The molecule has 0 N–H and O–H groups in total. The molecule has 0 spiro atoms. The van der Waals surface area contributed by atoms with Gasteiger partial charge in [0.15, 0.2) is 11.6 Å². The van der Waals surface area contributed by atoms with Crippen LogP contribution >= 0.6 is 22.9 Å². The Bertz CT molecular complexity index is 861. The average molecular weight is 346 g/mol. The molecular formula is C15H12ClN5OS. The third-order valence-corrected chi connectivity index (χ3v) is 4.72. The van der Waals surface area contributed by atoms with E-state index in [2.05, 4.69) is 15.2 Å². The zero-order chi connectivity index (χ0) is 15.8. The van der Waals surface area contributed by atoms with Gasteiger partial charge in [-0.1, -0.05) is 23.7 Å². The number of aromatic nitrogens is 4. The first kappa shape index (κ1) is 14.3. The van der Waals surface area contributed by atoms with Gasteiger partial charge in [-0.25, -0.2) is 4.98 Å². The van der Waals surface area contributed by atoms with Gasteiger partial charge >= 0.3 is 0 Å². The number of rotatable bonds is 2. The second-order valence-corrected chi connectivity index (χ2v) is 6.30. The Balaban J connectivity index is 1.60. The fourth-order valence-electron chi connectivity index (χ4n) is 2.65. The van der Waals surface area contributed by atoms with Gasteiger partial charge in [0.1, 0.15) is 5.69 Å². The van der Waals surface area contributed by atoms with E-state index in [0.717, 1.165) is 17.3 Å². The lowest BCUT2D eigenvalue weighted by Gasteiger charge is -2.28. The Hall–Kier alpha value is -2.25. The number of carbonyl (C=O) groups is 1. The molecule has 3 aromatic rings. The number of amides is 1. The van der Waals surface area contributed by atoms with Crippen LogP contribution in [0.5, 0.6) is 0 Å². The van der Waals surface area contributed by atoms with Gasteiger partial charge in [-0.3, -0.25) is 4.79 Å². The molecule has 0 aliphatic carbocycles. The fraction of sp³-hybridized carbons (Fsp3) is 0.200. The van der Waals surface area contributed by atoms with E-state index in [1.807, 2.05) is 22.1 Å². The van der Waals surface area contributed by atoms with Crippen LogP contribution in [0.1, 0.15) is 16.2 Å². The second kappa shape index (κ2) is 5.75. The van der Waals surface area contributed by atoms with Gasteiger partial charge in [0.25, 0.3) is 5.91 Å². The number of hydrogen-bond acceptors (Lipinski definition) is 5. The SMILES string of the molecule is O=C(c1ccccc1Cl)N1CCn2c(nnc2-c2cscn2)C1. The van der Waals surface area contributed by atoms with Crippen LogP contribution in [0.3, 0.4) is 0 Å². The monoisotopic (exact) mass is 345 g/mol. The molecule has 1 aliphatic rings. The van der Waals surface area contributed by atoms with E-state index >= 15 is 0 Å². The Kier molecular flexibility index (Phi) is 3.59. The maximum atomic E-state index is 12.6. The first-order valence-electron chi connectivity index (χ1n) is 7.08. The first-order valence-corrected chi connectivity index (χ1v) is 8.40. The summed E-state index contributed by atoms with van der Waals surface area (Å²) in [6, 6.07) is 7.09. The minimum atomic E-state index is -0.0833. The minimum Gasteiger partial charge on any atom is -0.329 e. The van der Waals surface area contributed by atoms with Gasteiger partial charge in [-0.05, 0) is 12.1 Å². The highest BCUT2D eigenvalue weighted by atomic mass is 35.5. The minimum absolute atomic E-state index is 0.0833. The second-order valence-electron chi connectivity index (χ2n) is 5.17. The number of thiazole rings is 1. The zero-order valence-electron chi connectivity index (χ0n) is 12.0. The van der Waals surface area contributed by atoms with E-state index in [1.165, 1.54) is 11.3 Å². The Morgan fingerprint density at radius 3 is 2.87 bits per heavy atom. The molecule has 8 heteroatoms. The molecule has 0 radical (unpaired) electrons. The highest BCUT2D eigenvalue weighted by molar-refractivity contribution is 7.07. The van der Waals surface area contributed by atoms with Crippen LogP contribution in [0.25, 0.3) is 11.5 Å². The van der Waals surface area contributed by atoms with Crippen LogP contribution in [-0.4, -0.2) is 37.1 Å². The van der Waals surface area contributed by atoms with E-state index in [9.17, 15) is 4.79 Å². The summed E-state index contributed by atoms with van der Waals surface area (Å²) in [5.41, 5.74) is 3.11. The van der Waals surface area contributed by atoms with Crippen molar-refractivity contribution in [2.24, 2.45) is 0 Å². The molecule has 4 rings (SSSR count). The summed E-state index contributed by atoms with van der Waals surface area (Å²) >= 11 is 7.64. The molecule has 1 amide bonds. The maximum absolute atomic E-state index is 12.6. The molecule has 6 nitrogen and oxygen atoms in total. The van der Waals surface area contributed by atoms with Gasteiger partial charge in [-0.2, -0.15) is 0 Å². The van der Waals surface area contributed by atoms with Crippen molar-refractivity contribution in [2.75, 3.05) is 6.54 Å². The highest BCUT2D eigenvalue weighted by Gasteiger charge is 2.26. The highest BCUT2D eigenvalue weighted by Crippen LogP contribution is 2.24. The summed E-state index contributed by atoms with van der Waals surface area (Å²) < 4.78 is 2.02. The third kappa shape index (κ3) is 2.51. The smallest absolute Gasteiger partial charge is 0.255 e. The number of halogens is 1. The van der Waals surface area contributed by atoms with E-state index in [0.29, 0.717) is 30.2 Å². The molecule has 1 aromatic carbocycles. The lowest BCUT2D eigenvalue weighted by molar-refractivity contribution is 0.0708. The van der Waals surface area contributed by atoms with Gasteiger partial charge in [0.2, 0.25) is 0 Å². The fourth-order valence-corrected chi connectivity index (χ4v) is 3.40. The summed E-state index contributed by atoms with van der Waals surface area (Å²) in [7, 11) is 0. The predicted molar refractivity (Wildman–Crippen MR) is 87.3 cm³/mol. The van der Waals surface area contributed by atoms with Crippen LogP contribution in [0.4, 0.5) is 0 Å². The maximum Gasteiger partial charge on any atom is 0.255 e. The Morgan fingerprint density at radius 2 is 2.09 bits per heavy atom. The molecule has 0 atom stereocenters. The molecule has 1 aliphatic heterocycles. The van der Waals surface area contributed by atoms with Crippen LogP contribution in [0, 0.1) is 0 Å². The van der Waals surface area contributed by atoms with Gasteiger partial charge < -0.3 is 9.47 Å². The molecule has 3 heterocycles. The summed E-state index contributed by atoms with van der Waals surface area (Å²) in [4.78, 5) is 18.7. The van der Waals surface area contributed by atoms with Crippen molar-refractivity contribution >= 4 is 28.8 Å². The van der Waals surface area contributed by atoms with Crippen molar-refractivity contribution in [3.05, 3.63) is 51.6 Å². The molecule has 116 valence electrons. The van der Waals surface area contributed by atoms with Crippen LogP contribution in [-0.2, 0) is 13.1 Å². The topological polar surface area (TPSA) is 63.9 Å². The lowest BCUT2D eigenvalue weighted by Crippen LogP contribution is -2.38. The largest absolute Gasteiger partial charge is 0.329 e. The van der Waals surface area contributed by atoms with E-state index in [1.54, 1.807) is 22.5 Å². The standard InChI is InChI=1S/C15H12ClN5OS/c16-11-4-2-1-3-10(11)15(22)20-5-6-21-13(7-20)18-19-14(21)12-8-23-9-17-12/h1-4,8-9H,5-7H2. The molecule has 0 unspecified atom stereocenters. The van der Waals surface area contributed by atoms with Crippen molar-refractivity contribution in [3.63, 3.8) is 0 Å². The van der Waals surface area contributed by atoms with Crippen molar-refractivity contribution in [1.82, 2.24) is 24.6 Å². The van der Waals surface area contributed by atoms with Gasteiger partial charge in [-0.15, -0.1) is 21.5 Å². The van der Waals surface area contributed by atoms with Crippen molar-refractivity contribution in [3.8, 4) is 11.5 Å². The molecule has 0 bridgehead atoms. The Morgan fingerprint density at radius 1 is 1.22 bits per heavy atom. The normalized spacial score (nSPS) is 13.9. The molecular weight excluding hydrogens is 334 g/mol. The molecule has 23 heavy (non-hydrogen) atoms. The Labute approximate surface area is 141 Å². The molecule has 0 saturated carbocycles. The predicted octanol–water partition coefficient (Wildman–Crippen LogP) is 2.71. The molecule has 0 fully saturated rings. The van der Waals surface area contributed by atoms with Gasteiger partial charge in [0, 0.05) is 18.5 Å². The van der Waals surface area contributed by atoms with E-state index in [4.69, 9.17) is 11.6 Å². The quantitative estimate of drug-likeness (QED) is 0.716. The number of hydrogen-bond donors (Lipinski definition) is 0.